The summed E-state index contributed by atoms with van der Waals surface area (Å²) in [5.74, 6) is 0.568. The molecule has 0 amide bonds. The number of halogens is 1. The first-order chi connectivity index (χ1) is 13.1. The van der Waals surface area contributed by atoms with Gasteiger partial charge in [-0.1, -0.05) is 11.6 Å². The van der Waals surface area contributed by atoms with Crippen LogP contribution in [0.2, 0.25) is 5.02 Å². The van der Waals surface area contributed by atoms with Crippen LogP contribution < -0.4 is 21.7 Å². The lowest BCUT2D eigenvalue weighted by atomic mass is 10.1. The Kier molecular flexibility index (Phi) is 5.12. The van der Waals surface area contributed by atoms with Gasteiger partial charge in [-0.25, -0.2) is 9.78 Å². The Morgan fingerprint density at radius 1 is 1.25 bits per heavy atom. The van der Waals surface area contributed by atoms with Crippen LogP contribution >= 0.6 is 11.6 Å². The second-order valence-corrected chi connectivity index (χ2v) is 7.97. The van der Waals surface area contributed by atoms with E-state index in [1.54, 1.807) is 30.8 Å². The predicted molar refractivity (Wildman–Crippen MR) is 109 cm³/mol. The van der Waals surface area contributed by atoms with Crippen LogP contribution in [-0.4, -0.2) is 30.8 Å². The van der Waals surface area contributed by atoms with Crippen LogP contribution in [0.5, 0.6) is 5.75 Å². The van der Waals surface area contributed by atoms with Crippen LogP contribution in [0.1, 0.15) is 25.0 Å². The van der Waals surface area contributed by atoms with Crippen molar-refractivity contribution in [1.82, 2.24) is 18.7 Å². The van der Waals surface area contributed by atoms with Gasteiger partial charge < -0.3 is 15.0 Å². The Morgan fingerprint density at radius 3 is 2.57 bits per heavy atom. The van der Waals surface area contributed by atoms with Crippen LogP contribution in [-0.2, 0) is 20.6 Å². The summed E-state index contributed by atoms with van der Waals surface area (Å²) in [6.07, 6.45) is 1.51. The van der Waals surface area contributed by atoms with E-state index in [1.807, 2.05) is 20.8 Å². The molecule has 0 atom stereocenters. The number of fused-ring (bicyclic) bond motifs is 1. The lowest BCUT2D eigenvalue weighted by Crippen LogP contribution is -2.40. The van der Waals surface area contributed by atoms with Crippen molar-refractivity contribution in [3.8, 4) is 5.75 Å². The Balaban J connectivity index is 2.21. The van der Waals surface area contributed by atoms with Gasteiger partial charge in [0.25, 0.3) is 5.56 Å². The standard InChI is InChI=1S/C19H24ClN5O3/c1-11-6-13(20)7-12(15(11)28-19(2,3)9-21)8-25-17(26)14-16(22-10-23(14)4)24(5)18(25)27/h6-7,10H,8-9,21H2,1-5H3. The maximum Gasteiger partial charge on any atom is 0.332 e. The highest BCUT2D eigenvalue weighted by Crippen LogP contribution is 2.31. The third-order valence-corrected chi connectivity index (χ3v) is 4.93. The molecule has 3 rings (SSSR count). The van der Waals surface area contributed by atoms with E-state index in [0.717, 1.165) is 10.1 Å². The van der Waals surface area contributed by atoms with E-state index in [9.17, 15) is 9.59 Å². The fraction of sp³-hybridized carbons (Fsp3) is 0.421. The molecule has 0 fully saturated rings. The molecule has 0 saturated carbocycles. The summed E-state index contributed by atoms with van der Waals surface area (Å²) in [7, 11) is 3.30. The van der Waals surface area contributed by atoms with Crippen LogP contribution in [0.3, 0.4) is 0 Å². The number of aromatic nitrogens is 4. The van der Waals surface area contributed by atoms with Crippen LogP contribution in [0.4, 0.5) is 0 Å². The van der Waals surface area contributed by atoms with Gasteiger partial charge in [0.15, 0.2) is 11.2 Å². The summed E-state index contributed by atoms with van der Waals surface area (Å²) in [6.45, 7) is 5.93. The Morgan fingerprint density at radius 2 is 1.93 bits per heavy atom. The molecule has 150 valence electrons. The molecule has 0 saturated heterocycles. The second kappa shape index (κ2) is 7.10. The summed E-state index contributed by atoms with van der Waals surface area (Å²) < 4.78 is 10.2. The number of ether oxygens (including phenoxy) is 1. The van der Waals surface area contributed by atoms with Gasteiger partial charge in [-0.15, -0.1) is 0 Å². The number of nitrogens with zero attached hydrogens (tertiary/aromatic N) is 4. The third kappa shape index (κ3) is 3.45. The van der Waals surface area contributed by atoms with Crippen molar-refractivity contribution < 1.29 is 4.74 Å². The van der Waals surface area contributed by atoms with Crippen molar-refractivity contribution in [2.45, 2.75) is 32.9 Å². The summed E-state index contributed by atoms with van der Waals surface area (Å²) >= 11 is 6.24. The molecule has 0 aliphatic heterocycles. The van der Waals surface area contributed by atoms with E-state index in [2.05, 4.69) is 4.98 Å². The van der Waals surface area contributed by atoms with E-state index in [-0.39, 0.29) is 6.54 Å². The van der Waals surface area contributed by atoms with E-state index in [1.165, 1.54) is 10.9 Å². The summed E-state index contributed by atoms with van der Waals surface area (Å²) in [4.78, 5) is 30.0. The van der Waals surface area contributed by atoms with Gasteiger partial charge >= 0.3 is 5.69 Å². The molecule has 1 aromatic carbocycles. The van der Waals surface area contributed by atoms with Gasteiger partial charge in [0, 0.05) is 31.2 Å². The number of hydrogen-bond acceptors (Lipinski definition) is 5. The number of imidazole rings is 1. The summed E-state index contributed by atoms with van der Waals surface area (Å²) in [6, 6.07) is 3.48. The molecular formula is C19H24ClN5O3. The molecule has 0 aliphatic carbocycles. The maximum absolute atomic E-state index is 13.0. The van der Waals surface area contributed by atoms with Crippen molar-refractivity contribution in [2.24, 2.45) is 19.8 Å². The van der Waals surface area contributed by atoms with Gasteiger partial charge in [0.05, 0.1) is 12.9 Å². The van der Waals surface area contributed by atoms with Crippen molar-refractivity contribution in [3.63, 3.8) is 0 Å². The molecule has 0 radical (unpaired) electrons. The summed E-state index contributed by atoms with van der Waals surface area (Å²) in [5.41, 5.74) is 6.44. The van der Waals surface area contributed by atoms with Gasteiger partial charge in [0.1, 0.15) is 11.4 Å². The Bertz CT molecular complexity index is 1170. The van der Waals surface area contributed by atoms with E-state index >= 15 is 0 Å². The van der Waals surface area contributed by atoms with Crippen molar-refractivity contribution in [3.05, 3.63) is 55.4 Å². The molecule has 8 nitrogen and oxygen atoms in total. The van der Waals surface area contributed by atoms with Gasteiger partial charge in [0.2, 0.25) is 0 Å². The SMILES string of the molecule is Cc1cc(Cl)cc(Cn2c(=O)c3c(ncn3C)n(C)c2=O)c1OC(C)(C)CN. The largest absolute Gasteiger partial charge is 0.486 e. The average Bonchev–Trinajstić information content (AvgIpc) is 3.01. The zero-order chi connectivity index (χ0) is 20.8. The number of nitrogens with two attached hydrogens (primary N) is 1. The quantitative estimate of drug-likeness (QED) is 0.694. The molecule has 2 heterocycles. The molecule has 28 heavy (non-hydrogen) atoms. The Labute approximate surface area is 167 Å². The average molecular weight is 406 g/mol. The second-order valence-electron chi connectivity index (χ2n) is 7.54. The fourth-order valence-corrected chi connectivity index (χ4v) is 3.38. The first-order valence-corrected chi connectivity index (χ1v) is 9.22. The highest BCUT2D eigenvalue weighted by Gasteiger charge is 2.23. The molecule has 2 N–H and O–H groups in total. The van der Waals surface area contributed by atoms with E-state index in [4.69, 9.17) is 22.1 Å². The lowest BCUT2D eigenvalue weighted by molar-refractivity contribution is 0.116. The highest BCUT2D eigenvalue weighted by molar-refractivity contribution is 6.30. The molecule has 3 aromatic rings. The minimum absolute atomic E-state index is 0.0179. The van der Waals surface area contributed by atoms with Crippen molar-refractivity contribution in [1.29, 1.82) is 0 Å². The van der Waals surface area contributed by atoms with Gasteiger partial charge in [-0.2, -0.15) is 0 Å². The van der Waals surface area contributed by atoms with Crippen molar-refractivity contribution >= 4 is 22.8 Å². The van der Waals surface area contributed by atoms with Gasteiger partial charge in [-0.3, -0.25) is 13.9 Å². The maximum atomic E-state index is 13.0. The van der Waals surface area contributed by atoms with E-state index in [0.29, 0.717) is 34.0 Å². The normalized spacial score (nSPS) is 12.0. The van der Waals surface area contributed by atoms with Gasteiger partial charge in [-0.05, 0) is 38.5 Å². The smallest absolute Gasteiger partial charge is 0.332 e. The van der Waals surface area contributed by atoms with Crippen LogP contribution in [0.25, 0.3) is 11.2 Å². The number of rotatable bonds is 5. The topological polar surface area (TPSA) is 97.1 Å². The monoisotopic (exact) mass is 405 g/mol. The lowest BCUT2D eigenvalue weighted by Gasteiger charge is -2.27. The summed E-state index contributed by atoms with van der Waals surface area (Å²) in [5, 5.41) is 0.497. The fourth-order valence-electron chi connectivity index (χ4n) is 3.09. The number of aryl methyl sites for hydroxylation is 3. The molecular weight excluding hydrogens is 382 g/mol. The zero-order valence-electron chi connectivity index (χ0n) is 16.6. The number of hydrogen-bond donors (Lipinski definition) is 1. The molecule has 0 aliphatic rings. The minimum atomic E-state index is -0.616. The molecule has 9 heteroatoms. The number of benzene rings is 1. The third-order valence-electron chi connectivity index (χ3n) is 4.72. The molecule has 0 spiro atoms. The van der Waals surface area contributed by atoms with Crippen molar-refractivity contribution in [2.75, 3.05) is 6.54 Å². The molecule has 0 bridgehead atoms. The van der Waals surface area contributed by atoms with Crippen LogP contribution in [0.15, 0.2) is 28.0 Å². The molecule has 2 aromatic heterocycles. The first kappa shape index (κ1) is 20.2. The highest BCUT2D eigenvalue weighted by atomic mass is 35.5. The zero-order valence-corrected chi connectivity index (χ0v) is 17.4. The van der Waals surface area contributed by atoms with E-state index < -0.39 is 16.9 Å². The minimum Gasteiger partial charge on any atom is -0.486 e. The Hall–Kier alpha value is -2.58. The molecule has 0 unspecified atom stereocenters. The van der Waals surface area contributed by atoms with Crippen LogP contribution in [0, 0.1) is 6.92 Å². The first-order valence-electron chi connectivity index (χ1n) is 8.84. The predicted octanol–water partition coefficient (Wildman–Crippen LogP) is 1.56.